The summed E-state index contributed by atoms with van der Waals surface area (Å²) in [6.45, 7) is 0.705. The maximum absolute atomic E-state index is 13.0. The summed E-state index contributed by atoms with van der Waals surface area (Å²) in [6, 6.07) is 9.58. The number of hydrogen-bond donors (Lipinski definition) is 3. The highest BCUT2D eigenvalue weighted by atomic mass is 16.4. The fourth-order valence-corrected chi connectivity index (χ4v) is 4.59. The maximum atomic E-state index is 13.0. The molecule has 4 atom stereocenters. The number of aliphatic carboxylic acids is 1. The SMILES string of the molecule is O=C(O)CCC(Cc1ccccc1)NC(=O)N1CCCC1C1CCCC1O. The molecular formula is C21H30N2O4. The zero-order valence-electron chi connectivity index (χ0n) is 15.7. The number of amides is 2. The van der Waals surface area contributed by atoms with E-state index in [1.807, 2.05) is 35.2 Å². The highest BCUT2D eigenvalue weighted by Crippen LogP contribution is 2.35. The number of benzene rings is 1. The molecule has 1 heterocycles. The van der Waals surface area contributed by atoms with Gasteiger partial charge in [0.1, 0.15) is 0 Å². The van der Waals surface area contributed by atoms with Crippen molar-refractivity contribution in [1.29, 1.82) is 0 Å². The van der Waals surface area contributed by atoms with Crippen molar-refractivity contribution in [3.63, 3.8) is 0 Å². The van der Waals surface area contributed by atoms with E-state index >= 15 is 0 Å². The molecule has 2 fully saturated rings. The molecule has 2 amide bonds. The zero-order chi connectivity index (χ0) is 19.2. The molecule has 1 aliphatic heterocycles. The number of carboxylic acid groups (broad SMARTS) is 1. The maximum Gasteiger partial charge on any atom is 0.317 e. The van der Waals surface area contributed by atoms with Gasteiger partial charge in [-0.1, -0.05) is 36.8 Å². The highest BCUT2D eigenvalue weighted by molar-refractivity contribution is 5.75. The van der Waals surface area contributed by atoms with Gasteiger partial charge in [0.2, 0.25) is 0 Å². The average Bonchev–Trinajstić information content (AvgIpc) is 3.29. The van der Waals surface area contributed by atoms with E-state index in [0.29, 0.717) is 19.4 Å². The van der Waals surface area contributed by atoms with Crippen LogP contribution in [0.15, 0.2) is 30.3 Å². The number of nitrogens with zero attached hydrogens (tertiary/aromatic N) is 1. The Morgan fingerprint density at radius 2 is 1.93 bits per heavy atom. The van der Waals surface area contributed by atoms with E-state index in [9.17, 15) is 14.7 Å². The lowest BCUT2D eigenvalue weighted by Crippen LogP contribution is -2.50. The Morgan fingerprint density at radius 3 is 2.59 bits per heavy atom. The van der Waals surface area contributed by atoms with Gasteiger partial charge in [0.15, 0.2) is 0 Å². The molecule has 1 aromatic rings. The van der Waals surface area contributed by atoms with Crippen molar-refractivity contribution >= 4 is 12.0 Å². The van der Waals surface area contributed by atoms with E-state index < -0.39 is 5.97 Å². The van der Waals surface area contributed by atoms with Crippen LogP contribution in [-0.2, 0) is 11.2 Å². The van der Waals surface area contributed by atoms with Crippen LogP contribution in [-0.4, -0.2) is 51.8 Å². The third kappa shape index (κ3) is 5.22. The normalized spacial score (nSPS) is 26.1. The Kier molecular flexibility index (Phi) is 6.72. The topological polar surface area (TPSA) is 89.9 Å². The van der Waals surface area contributed by atoms with Crippen LogP contribution in [0.3, 0.4) is 0 Å². The molecular weight excluding hydrogens is 344 g/mol. The molecule has 27 heavy (non-hydrogen) atoms. The van der Waals surface area contributed by atoms with E-state index in [1.165, 1.54) is 0 Å². The number of aliphatic hydroxyl groups is 1. The molecule has 0 radical (unpaired) electrons. The second kappa shape index (κ2) is 9.22. The Morgan fingerprint density at radius 1 is 1.15 bits per heavy atom. The van der Waals surface area contributed by atoms with Crippen molar-refractivity contribution in [2.75, 3.05) is 6.54 Å². The molecule has 3 N–H and O–H groups in total. The number of urea groups is 1. The second-order valence-corrected chi connectivity index (χ2v) is 7.83. The molecule has 148 valence electrons. The summed E-state index contributed by atoms with van der Waals surface area (Å²) in [4.78, 5) is 25.8. The smallest absolute Gasteiger partial charge is 0.317 e. The number of carbonyl (C=O) groups is 2. The molecule has 2 aliphatic rings. The van der Waals surface area contributed by atoms with Crippen LogP contribution in [0.1, 0.15) is 50.5 Å². The third-order valence-corrected chi connectivity index (χ3v) is 5.95. The molecule has 1 saturated heterocycles. The average molecular weight is 374 g/mol. The van der Waals surface area contributed by atoms with Gasteiger partial charge in [-0.05, 0) is 44.1 Å². The minimum absolute atomic E-state index is 0.0303. The van der Waals surface area contributed by atoms with Gasteiger partial charge in [0.05, 0.1) is 6.10 Å². The molecule has 4 unspecified atom stereocenters. The first-order valence-electron chi connectivity index (χ1n) is 10.1. The van der Waals surface area contributed by atoms with Crippen LogP contribution in [0.4, 0.5) is 4.79 Å². The number of carbonyl (C=O) groups excluding carboxylic acids is 1. The number of hydrogen-bond acceptors (Lipinski definition) is 3. The van der Waals surface area contributed by atoms with Crippen molar-refractivity contribution in [3.05, 3.63) is 35.9 Å². The second-order valence-electron chi connectivity index (χ2n) is 7.83. The predicted molar refractivity (Wildman–Crippen MR) is 102 cm³/mol. The fourth-order valence-electron chi connectivity index (χ4n) is 4.59. The van der Waals surface area contributed by atoms with Crippen molar-refractivity contribution in [2.45, 2.75) is 69.6 Å². The zero-order valence-corrected chi connectivity index (χ0v) is 15.7. The lowest BCUT2D eigenvalue weighted by molar-refractivity contribution is -0.137. The minimum Gasteiger partial charge on any atom is -0.481 e. The van der Waals surface area contributed by atoms with Crippen molar-refractivity contribution in [3.8, 4) is 0 Å². The summed E-state index contributed by atoms with van der Waals surface area (Å²) in [5.41, 5.74) is 1.08. The van der Waals surface area contributed by atoms with Crippen molar-refractivity contribution in [1.82, 2.24) is 10.2 Å². The monoisotopic (exact) mass is 374 g/mol. The van der Waals surface area contributed by atoms with Gasteiger partial charge in [-0.3, -0.25) is 4.79 Å². The predicted octanol–water partition coefficient (Wildman–Crippen LogP) is 2.80. The summed E-state index contributed by atoms with van der Waals surface area (Å²) in [7, 11) is 0. The Bertz CT molecular complexity index is 636. The first-order valence-corrected chi connectivity index (χ1v) is 10.1. The van der Waals surface area contributed by atoms with E-state index in [0.717, 1.165) is 37.7 Å². The number of likely N-dealkylation sites (tertiary alicyclic amines) is 1. The Balaban J connectivity index is 1.64. The molecule has 1 aliphatic carbocycles. The molecule has 1 aromatic carbocycles. The Labute approximate surface area is 160 Å². The van der Waals surface area contributed by atoms with E-state index in [1.54, 1.807) is 0 Å². The lowest BCUT2D eigenvalue weighted by atomic mass is 9.94. The molecule has 6 nitrogen and oxygen atoms in total. The fraction of sp³-hybridized carbons (Fsp3) is 0.619. The van der Waals surface area contributed by atoms with Crippen molar-refractivity contribution < 1.29 is 19.8 Å². The Hall–Kier alpha value is -2.08. The van der Waals surface area contributed by atoms with E-state index in [4.69, 9.17) is 5.11 Å². The van der Waals surface area contributed by atoms with Gasteiger partial charge in [0.25, 0.3) is 0 Å². The summed E-state index contributed by atoms with van der Waals surface area (Å²) in [5, 5.41) is 22.4. The van der Waals surface area contributed by atoms with E-state index in [2.05, 4.69) is 5.32 Å². The van der Waals surface area contributed by atoms with Crippen LogP contribution >= 0.6 is 0 Å². The third-order valence-electron chi connectivity index (χ3n) is 5.95. The molecule has 3 rings (SSSR count). The first-order chi connectivity index (χ1) is 13.0. The van der Waals surface area contributed by atoms with Crippen molar-refractivity contribution in [2.24, 2.45) is 5.92 Å². The van der Waals surface area contributed by atoms with Gasteiger partial charge in [-0.2, -0.15) is 0 Å². The summed E-state index contributed by atoms with van der Waals surface area (Å²) >= 11 is 0. The molecule has 0 bridgehead atoms. The highest BCUT2D eigenvalue weighted by Gasteiger charge is 2.40. The molecule has 0 spiro atoms. The quantitative estimate of drug-likeness (QED) is 0.685. The standard InChI is InChI=1S/C21H30N2O4/c24-19-10-4-8-17(19)18-9-5-13-23(18)21(27)22-16(11-12-20(25)26)14-15-6-2-1-3-7-15/h1-3,6-7,16-19,24H,4-5,8-14H2,(H,22,27)(H,25,26). The van der Waals surface area contributed by atoms with Gasteiger partial charge in [-0.25, -0.2) is 4.79 Å². The summed E-state index contributed by atoms with van der Waals surface area (Å²) in [5.74, 6) is -0.680. The summed E-state index contributed by atoms with van der Waals surface area (Å²) in [6.07, 6.45) is 5.46. The minimum atomic E-state index is -0.851. The van der Waals surface area contributed by atoms with Crippen LogP contribution in [0.2, 0.25) is 0 Å². The number of nitrogens with one attached hydrogen (secondary N) is 1. The molecule has 6 heteroatoms. The van der Waals surface area contributed by atoms with Gasteiger partial charge >= 0.3 is 12.0 Å². The van der Waals surface area contributed by atoms with Crippen LogP contribution in [0.25, 0.3) is 0 Å². The number of rotatable bonds is 7. The number of carboxylic acids is 1. The molecule has 0 aromatic heterocycles. The van der Waals surface area contributed by atoms with Gasteiger partial charge < -0.3 is 20.4 Å². The van der Waals surface area contributed by atoms with Crippen LogP contribution in [0, 0.1) is 5.92 Å². The molecule has 1 saturated carbocycles. The number of aliphatic hydroxyl groups excluding tert-OH is 1. The largest absolute Gasteiger partial charge is 0.481 e. The van der Waals surface area contributed by atoms with Crippen LogP contribution in [0.5, 0.6) is 0 Å². The van der Waals surface area contributed by atoms with Gasteiger partial charge in [0, 0.05) is 31.0 Å². The van der Waals surface area contributed by atoms with Crippen LogP contribution < -0.4 is 5.32 Å². The lowest BCUT2D eigenvalue weighted by Gasteiger charge is -2.32. The van der Waals surface area contributed by atoms with Gasteiger partial charge in [-0.15, -0.1) is 0 Å². The first kappa shape index (κ1) is 19.7. The summed E-state index contributed by atoms with van der Waals surface area (Å²) < 4.78 is 0. The van der Waals surface area contributed by atoms with E-state index in [-0.39, 0.29) is 36.6 Å².